The molecule has 1 heterocycles. The van der Waals surface area contributed by atoms with Crippen LogP contribution in [-0.4, -0.2) is 23.4 Å². The van der Waals surface area contributed by atoms with Gasteiger partial charge < -0.3 is 20.3 Å². The minimum absolute atomic E-state index is 0.0297. The number of ether oxygens (including phenoxy) is 1. The first kappa shape index (κ1) is 17.4. The van der Waals surface area contributed by atoms with E-state index in [1.54, 1.807) is 12.1 Å². The van der Waals surface area contributed by atoms with Crippen LogP contribution in [0.2, 0.25) is 0 Å². The molecule has 27 heavy (non-hydrogen) atoms. The molecule has 4 rings (SSSR count). The molecule has 3 N–H and O–H groups in total. The van der Waals surface area contributed by atoms with Crippen LogP contribution in [0.1, 0.15) is 28.3 Å². The molecule has 0 radical (unpaired) electrons. The first-order chi connectivity index (χ1) is 13.2. The van der Waals surface area contributed by atoms with Gasteiger partial charge in [-0.3, -0.25) is 0 Å². The summed E-state index contributed by atoms with van der Waals surface area (Å²) in [4.78, 5) is 0. The Morgan fingerprint density at radius 1 is 0.926 bits per heavy atom. The van der Waals surface area contributed by atoms with E-state index < -0.39 is 0 Å². The zero-order chi connectivity index (χ0) is 18.6. The van der Waals surface area contributed by atoms with E-state index in [9.17, 15) is 10.2 Å². The average molecular weight is 361 g/mol. The lowest BCUT2D eigenvalue weighted by Crippen LogP contribution is -2.30. The molecule has 0 fully saturated rings. The summed E-state index contributed by atoms with van der Waals surface area (Å²) in [5.74, 6) is 0.686. The Hall–Kier alpha value is -2.98. The molecule has 0 aliphatic carbocycles. The van der Waals surface area contributed by atoms with E-state index in [2.05, 4.69) is 23.5 Å². The van der Waals surface area contributed by atoms with Crippen molar-refractivity contribution in [3.05, 3.63) is 89.0 Å². The molecule has 1 atom stereocenters. The van der Waals surface area contributed by atoms with Crippen LogP contribution in [0.25, 0.3) is 0 Å². The van der Waals surface area contributed by atoms with Crippen molar-refractivity contribution in [1.82, 2.24) is 5.32 Å². The normalized spacial score (nSPS) is 15.9. The second-order valence-corrected chi connectivity index (χ2v) is 6.83. The Bertz CT molecular complexity index is 924. The highest BCUT2D eigenvalue weighted by Gasteiger charge is 2.23. The Morgan fingerprint density at radius 3 is 2.59 bits per heavy atom. The molecule has 0 bridgehead atoms. The lowest BCUT2D eigenvalue weighted by molar-refractivity contribution is 0.321. The number of fused-ring (bicyclic) bond motifs is 1. The number of hydrogen-bond donors (Lipinski definition) is 3. The molecule has 1 aliphatic heterocycles. The molecule has 4 heteroatoms. The van der Waals surface area contributed by atoms with Gasteiger partial charge in [-0.15, -0.1) is 0 Å². The highest BCUT2D eigenvalue weighted by Crippen LogP contribution is 2.36. The molecule has 0 spiro atoms. The van der Waals surface area contributed by atoms with Crippen molar-refractivity contribution in [2.45, 2.75) is 18.9 Å². The molecule has 4 nitrogen and oxygen atoms in total. The summed E-state index contributed by atoms with van der Waals surface area (Å²) in [6, 6.07) is 21.6. The number of phenolic OH excluding ortho intramolecular Hbond substituents is 2. The standard InChI is InChI=1S/C23H23NO3/c25-21-14-17-9-11-24-23(20(17)15-22(21)26)18-7-4-8-19(13-18)27-12-10-16-5-2-1-3-6-16/h1-8,13-15,23-26H,9-12H2. The van der Waals surface area contributed by atoms with Crippen LogP contribution in [0.3, 0.4) is 0 Å². The van der Waals surface area contributed by atoms with E-state index in [1.807, 2.05) is 36.4 Å². The van der Waals surface area contributed by atoms with E-state index in [-0.39, 0.29) is 17.5 Å². The summed E-state index contributed by atoms with van der Waals surface area (Å²) in [6.45, 7) is 1.44. The Morgan fingerprint density at radius 2 is 1.74 bits per heavy atom. The zero-order valence-electron chi connectivity index (χ0n) is 15.1. The van der Waals surface area contributed by atoms with Crippen molar-refractivity contribution in [2.24, 2.45) is 0 Å². The fraction of sp³-hybridized carbons (Fsp3) is 0.217. The van der Waals surface area contributed by atoms with Crippen LogP contribution >= 0.6 is 0 Å². The van der Waals surface area contributed by atoms with E-state index in [1.165, 1.54) is 5.56 Å². The van der Waals surface area contributed by atoms with Gasteiger partial charge in [0.25, 0.3) is 0 Å². The van der Waals surface area contributed by atoms with Gasteiger partial charge in [0.05, 0.1) is 12.6 Å². The predicted molar refractivity (Wildman–Crippen MR) is 105 cm³/mol. The molecule has 0 saturated heterocycles. The predicted octanol–water partition coefficient (Wildman–Crippen LogP) is 3.95. The SMILES string of the molecule is Oc1cc2c(cc1O)C(c1cccc(OCCc3ccccc3)c1)NCC2. The summed E-state index contributed by atoms with van der Waals surface area (Å²) in [7, 11) is 0. The van der Waals surface area contributed by atoms with Gasteiger partial charge >= 0.3 is 0 Å². The van der Waals surface area contributed by atoms with Crippen LogP contribution < -0.4 is 10.1 Å². The molecular formula is C23H23NO3. The van der Waals surface area contributed by atoms with Gasteiger partial charge in [-0.25, -0.2) is 0 Å². The topological polar surface area (TPSA) is 61.7 Å². The van der Waals surface area contributed by atoms with E-state index in [4.69, 9.17) is 4.74 Å². The van der Waals surface area contributed by atoms with Crippen molar-refractivity contribution in [3.8, 4) is 17.2 Å². The zero-order valence-corrected chi connectivity index (χ0v) is 15.1. The lowest BCUT2D eigenvalue weighted by atomic mass is 9.89. The molecule has 3 aromatic carbocycles. The van der Waals surface area contributed by atoms with Crippen LogP contribution in [-0.2, 0) is 12.8 Å². The minimum atomic E-state index is -0.0854. The second kappa shape index (κ2) is 7.72. The average Bonchev–Trinajstić information content (AvgIpc) is 2.69. The van der Waals surface area contributed by atoms with E-state index in [0.717, 1.165) is 41.8 Å². The summed E-state index contributed by atoms with van der Waals surface area (Å²) < 4.78 is 5.96. The van der Waals surface area contributed by atoms with Gasteiger partial charge in [0.2, 0.25) is 0 Å². The number of aromatic hydroxyl groups is 2. The first-order valence-corrected chi connectivity index (χ1v) is 9.25. The third-order valence-corrected chi connectivity index (χ3v) is 4.98. The van der Waals surface area contributed by atoms with Crippen LogP contribution in [0, 0.1) is 0 Å². The quantitative estimate of drug-likeness (QED) is 0.602. The van der Waals surface area contributed by atoms with Crippen LogP contribution in [0.15, 0.2) is 66.7 Å². The van der Waals surface area contributed by atoms with Crippen molar-refractivity contribution < 1.29 is 14.9 Å². The van der Waals surface area contributed by atoms with Gasteiger partial charge in [0.15, 0.2) is 11.5 Å². The third kappa shape index (κ3) is 3.91. The highest BCUT2D eigenvalue weighted by molar-refractivity contribution is 5.50. The number of phenols is 2. The van der Waals surface area contributed by atoms with Gasteiger partial charge in [-0.2, -0.15) is 0 Å². The molecule has 0 saturated carbocycles. The van der Waals surface area contributed by atoms with Gasteiger partial charge in [0, 0.05) is 13.0 Å². The maximum Gasteiger partial charge on any atom is 0.157 e. The summed E-state index contributed by atoms with van der Waals surface area (Å²) in [6.07, 6.45) is 1.69. The molecule has 0 aromatic heterocycles. The summed E-state index contributed by atoms with van der Waals surface area (Å²) in [5, 5.41) is 23.2. The highest BCUT2D eigenvalue weighted by atomic mass is 16.5. The fourth-order valence-corrected chi connectivity index (χ4v) is 3.60. The van der Waals surface area contributed by atoms with E-state index in [0.29, 0.717) is 6.61 Å². The number of hydrogen-bond acceptors (Lipinski definition) is 4. The maximum atomic E-state index is 9.92. The van der Waals surface area contributed by atoms with Crippen molar-refractivity contribution in [3.63, 3.8) is 0 Å². The Kier molecular flexibility index (Phi) is 4.99. The fourth-order valence-electron chi connectivity index (χ4n) is 3.60. The largest absolute Gasteiger partial charge is 0.504 e. The molecule has 1 aliphatic rings. The molecular weight excluding hydrogens is 338 g/mol. The first-order valence-electron chi connectivity index (χ1n) is 9.25. The lowest BCUT2D eigenvalue weighted by Gasteiger charge is -2.28. The van der Waals surface area contributed by atoms with Crippen molar-refractivity contribution in [1.29, 1.82) is 0 Å². The summed E-state index contributed by atoms with van der Waals surface area (Å²) >= 11 is 0. The molecule has 1 unspecified atom stereocenters. The Labute approximate surface area is 159 Å². The molecule has 138 valence electrons. The maximum absolute atomic E-state index is 9.92. The molecule has 3 aromatic rings. The Balaban J connectivity index is 1.51. The van der Waals surface area contributed by atoms with Gasteiger partial charge in [0.1, 0.15) is 5.75 Å². The van der Waals surface area contributed by atoms with Crippen molar-refractivity contribution >= 4 is 0 Å². The third-order valence-electron chi connectivity index (χ3n) is 4.98. The molecule has 0 amide bonds. The van der Waals surface area contributed by atoms with Gasteiger partial charge in [-0.05, 0) is 52.9 Å². The summed E-state index contributed by atoms with van der Waals surface area (Å²) in [5.41, 5.74) is 4.40. The second-order valence-electron chi connectivity index (χ2n) is 6.83. The monoisotopic (exact) mass is 361 g/mol. The van der Waals surface area contributed by atoms with Crippen LogP contribution in [0.4, 0.5) is 0 Å². The van der Waals surface area contributed by atoms with Crippen LogP contribution in [0.5, 0.6) is 17.2 Å². The number of nitrogens with one attached hydrogen (secondary N) is 1. The van der Waals surface area contributed by atoms with E-state index >= 15 is 0 Å². The smallest absolute Gasteiger partial charge is 0.157 e. The van der Waals surface area contributed by atoms with Gasteiger partial charge in [-0.1, -0.05) is 42.5 Å². The van der Waals surface area contributed by atoms with Crippen molar-refractivity contribution in [2.75, 3.05) is 13.2 Å². The minimum Gasteiger partial charge on any atom is -0.504 e. The number of benzene rings is 3. The number of rotatable bonds is 5.